The molecule has 0 bridgehead atoms. The van der Waals surface area contributed by atoms with Crippen molar-refractivity contribution in [2.45, 2.75) is 0 Å². The fourth-order valence-corrected chi connectivity index (χ4v) is 1.90. The number of nitrogens with one attached hydrogen (secondary N) is 1. The molecule has 0 saturated heterocycles. The van der Waals surface area contributed by atoms with E-state index in [4.69, 9.17) is 0 Å². The molecule has 4 heteroatoms. The Hall–Kier alpha value is -0.620. The fourth-order valence-electron chi connectivity index (χ4n) is 1.18. The second kappa shape index (κ2) is 4.94. The highest BCUT2D eigenvalue weighted by Crippen LogP contribution is 2.19. The highest BCUT2D eigenvalue weighted by atomic mass is 127. The normalized spacial score (nSPS) is 10.0. The van der Waals surface area contributed by atoms with Gasteiger partial charge in [-0.1, -0.05) is 0 Å². The maximum Gasteiger partial charge on any atom is 0.0582 e. The first-order valence-electron chi connectivity index (χ1n) is 4.37. The smallest absolute Gasteiger partial charge is 0.0582 e. The lowest BCUT2D eigenvalue weighted by Crippen LogP contribution is -1.90. The van der Waals surface area contributed by atoms with Crippen LogP contribution in [0.4, 0.5) is 11.4 Å². The van der Waals surface area contributed by atoms with E-state index in [0.29, 0.717) is 0 Å². The Morgan fingerprint density at radius 1 is 1.07 bits per heavy atom. The Labute approximate surface area is 110 Å². The van der Waals surface area contributed by atoms with Crippen LogP contribution in [-0.4, -0.2) is 4.98 Å². The van der Waals surface area contributed by atoms with Gasteiger partial charge in [0.1, 0.15) is 0 Å². The summed E-state index contributed by atoms with van der Waals surface area (Å²) in [5, 5.41) is 3.28. The van der Waals surface area contributed by atoms with Crippen LogP contribution in [0.2, 0.25) is 0 Å². The quantitative estimate of drug-likeness (QED) is 0.797. The zero-order valence-corrected chi connectivity index (χ0v) is 11.5. The van der Waals surface area contributed by atoms with Gasteiger partial charge in [-0.25, -0.2) is 0 Å². The Bertz CT molecular complexity index is 456. The molecule has 0 aliphatic rings. The lowest BCUT2D eigenvalue weighted by Gasteiger charge is -2.05. The molecule has 76 valence electrons. The second-order valence-electron chi connectivity index (χ2n) is 3.02. The molecule has 0 fully saturated rings. The Kier molecular flexibility index (Phi) is 3.58. The van der Waals surface area contributed by atoms with Crippen LogP contribution in [0.3, 0.4) is 0 Å². The van der Waals surface area contributed by atoms with Crippen molar-refractivity contribution in [3.05, 3.63) is 50.8 Å². The van der Waals surface area contributed by atoms with E-state index >= 15 is 0 Å². The maximum absolute atomic E-state index is 4.09. The molecule has 2 nitrogen and oxygen atoms in total. The molecule has 0 aliphatic heterocycles. The summed E-state index contributed by atoms with van der Waals surface area (Å²) in [7, 11) is 0. The minimum atomic E-state index is 0.970. The molecule has 1 heterocycles. The van der Waals surface area contributed by atoms with Crippen molar-refractivity contribution in [2.75, 3.05) is 5.32 Å². The van der Waals surface area contributed by atoms with Gasteiger partial charge < -0.3 is 5.32 Å². The number of rotatable bonds is 2. The van der Waals surface area contributed by atoms with E-state index in [-0.39, 0.29) is 0 Å². The number of aromatic nitrogens is 1. The van der Waals surface area contributed by atoms with E-state index in [1.54, 1.807) is 12.4 Å². The van der Waals surface area contributed by atoms with Crippen LogP contribution in [0.5, 0.6) is 0 Å². The predicted molar refractivity (Wildman–Crippen MR) is 74.4 cm³/mol. The van der Waals surface area contributed by atoms with Crippen LogP contribution in [0.25, 0.3) is 0 Å². The van der Waals surface area contributed by atoms with Crippen LogP contribution in [0, 0.1) is 3.57 Å². The monoisotopic (exact) mass is 374 g/mol. The number of nitrogens with zero attached hydrogens (tertiary/aromatic N) is 1. The summed E-state index contributed by atoms with van der Waals surface area (Å²) in [6, 6.07) is 10.2. The number of halogens is 2. The van der Waals surface area contributed by atoms with E-state index in [1.165, 1.54) is 3.57 Å². The van der Waals surface area contributed by atoms with Crippen molar-refractivity contribution in [3.8, 4) is 0 Å². The van der Waals surface area contributed by atoms with E-state index in [9.17, 15) is 0 Å². The van der Waals surface area contributed by atoms with E-state index in [2.05, 4.69) is 61.0 Å². The van der Waals surface area contributed by atoms with Crippen LogP contribution < -0.4 is 5.32 Å². The van der Waals surface area contributed by atoms with Crippen molar-refractivity contribution >= 4 is 49.9 Å². The molecule has 1 aromatic carbocycles. The molecule has 0 spiro atoms. The van der Waals surface area contributed by atoms with Crippen LogP contribution in [0.15, 0.2) is 47.2 Å². The maximum atomic E-state index is 4.09. The molecule has 0 amide bonds. The molecule has 1 aromatic heterocycles. The Balaban J connectivity index is 2.18. The lowest BCUT2D eigenvalue weighted by atomic mass is 10.3. The summed E-state index contributed by atoms with van der Waals surface area (Å²) >= 11 is 5.67. The van der Waals surface area contributed by atoms with Gasteiger partial charge in [0, 0.05) is 19.9 Å². The zero-order chi connectivity index (χ0) is 10.7. The average molecular weight is 375 g/mol. The molecule has 0 aliphatic carbocycles. The highest BCUT2D eigenvalue weighted by Gasteiger charge is 1.95. The van der Waals surface area contributed by atoms with Gasteiger partial charge in [0.15, 0.2) is 0 Å². The van der Waals surface area contributed by atoms with Crippen LogP contribution in [-0.2, 0) is 0 Å². The molecule has 0 unspecified atom stereocenters. The number of pyridine rings is 1. The first kappa shape index (κ1) is 10.9. The largest absolute Gasteiger partial charge is 0.354 e. The summed E-state index contributed by atoms with van der Waals surface area (Å²) in [5.74, 6) is 0. The molecule has 2 rings (SSSR count). The summed E-state index contributed by atoms with van der Waals surface area (Å²) < 4.78 is 2.20. The molecule has 2 aromatic rings. The second-order valence-corrected chi connectivity index (χ2v) is 5.19. The molecule has 0 atom stereocenters. The van der Waals surface area contributed by atoms with Crippen molar-refractivity contribution in [1.82, 2.24) is 4.98 Å². The van der Waals surface area contributed by atoms with E-state index < -0.39 is 0 Å². The van der Waals surface area contributed by atoms with Gasteiger partial charge in [0.2, 0.25) is 0 Å². The zero-order valence-electron chi connectivity index (χ0n) is 7.74. The fraction of sp³-hybridized carbons (Fsp3) is 0. The number of anilines is 2. The van der Waals surface area contributed by atoms with Gasteiger partial charge in [-0.05, 0) is 68.9 Å². The number of benzene rings is 1. The molecule has 0 saturated carbocycles. The summed E-state index contributed by atoms with van der Waals surface area (Å²) in [6.07, 6.45) is 3.56. The summed E-state index contributed by atoms with van der Waals surface area (Å²) in [5.41, 5.74) is 2.04. The minimum absolute atomic E-state index is 0.970. The first-order chi connectivity index (χ1) is 7.24. The molecule has 0 radical (unpaired) electrons. The van der Waals surface area contributed by atoms with E-state index in [0.717, 1.165) is 15.8 Å². The van der Waals surface area contributed by atoms with Gasteiger partial charge in [-0.3, -0.25) is 4.98 Å². The van der Waals surface area contributed by atoms with E-state index in [1.807, 2.05) is 18.2 Å². The molecule has 1 N–H and O–H groups in total. The van der Waals surface area contributed by atoms with Gasteiger partial charge in [-0.2, -0.15) is 0 Å². The SMILES string of the molecule is Brc1cncc(Nc2ccc(I)cc2)c1. The highest BCUT2D eigenvalue weighted by molar-refractivity contribution is 14.1. The average Bonchev–Trinajstić information content (AvgIpc) is 2.22. The number of hydrogen-bond acceptors (Lipinski definition) is 2. The predicted octanol–water partition coefficient (Wildman–Crippen LogP) is 4.19. The lowest BCUT2D eigenvalue weighted by molar-refractivity contribution is 1.30. The van der Waals surface area contributed by atoms with Gasteiger partial charge in [-0.15, -0.1) is 0 Å². The van der Waals surface area contributed by atoms with Crippen molar-refractivity contribution in [2.24, 2.45) is 0 Å². The molecular weight excluding hydrogens is 367 g/mol. The molecule has 15 heavy (non-hydrogen) atoms. The standard InChI is InChI=1S/C11H8BrIN2/c12-8-5-11(7-14-6-8)15-10-3-1-9(13)2-4-10/h1-7,15H. The topological polar surface area (TPSA) is 24.9 Å². The van der Waals surface area contributed by atoms with Crippen LogP contribution in [0.1, 0.15) is 0 Å². The van der Waals surface area contributed by atoms with Crippen molar-refractivity contribution < 1.29 is 0 Å². The van der Waals surface area contributed by atoms with Gasteiger partial charge in [0.25, 0.3) is 0 Å². The van der Waals surface area contributed by atoms with Crippen molar-refractivity contribution in [1.29, 1.82) is 0 Å². The van der Waals surface area contributed by atoms with Crippen molar-refractivity contribution in [3.63, 3.8) is 0 Å². The summed E-state index contributed by atoms with van der Waals surface area (Å²) in [6.45, 7) is 0. The minimum Gasteiger partial charge on any atom is -0.354 e. The van der Waals surface area contributed by atoms with Crippen LogP contribution >= 0.6 is 38.5 Å². The third-order valence-electron chi connectivity index (χ3n) is 1.84. The number of hydrogen-bond donors (Lipinski definition) is 1. The van der Waals surface area contributed by atoms with Gasteiger partial charge >= 0.3 is 0 Å². The third-order valence-corrected chi connectivity index (χ3v) is 2.99. The molecular formula is C11H8BrIN2. The summed E-state index contributed by atoms with van der Waals surface area (Å²) in [4.78, 5) is 4.09. The first-order valence-corrected chi connectivity index (χ1v) is 6.24. The van der Waals surface area contributed by atoms with Gasteiger partial charge in [0.05, 0.1) is 11.9 Å². The Morgan fingerprint density at radius 2 is 1.80 bits per heavy atom. The Morgan fingerprint density at radius 3 is 2.47 bits per heavy atom. The third kappa shape index (κ3) is 3.17.